The molecule has 2 aromatic rings. The van der Waals surface area contributed by atoms with Crippen molar-refractivity contribution in [2.24, 2.45) is 5.92 Å². The van der Waals surface area contributed by atoms with Crippen molar-refractivity contribution in [3.05, 3.63) is 70.8 Å². The zero-order valence-corrected chi connectivity index (χ0v) is 20.1. The van der Waals surface area contributed by atoms with E-state index < -0.39 is 29.4 Å². The van der Waals surface area contributed by atoms with Crippen LogP contribution in [-0.4, -0.2) is 22.5 Å². The van der Waals surface area contributed by atoms with Gasteiger partial charge in [0.05, 0.1) is 11.1 Å². The highest BCUT2D eigenvalue weighted by Crippen LogP contribution is 2.43. The highest BCUT2D eigenvalue weighted by molar-refractivity contribution is 5.67. The van der Waals surface area contributed by atoms with Crippen molar-refractivity contribution in [1.82, 2.24) is 4.90 Å². The molecule has 198 valence electrons. The first-order valence-electron chi connectivity index (χ1n) is 12.2. The largest absolute Gasteiger partial charge is 0.481 e. The van der Waals surface area contributed by atoms with Gasteiger partial charge in [0.25, 0.3) is 0 Å². The van der Waals surface area contributed by atoms with Crippen LogP contribution in [0.3, 0.4) is 0 Å². The lowest BCUT2D eigenvalue weighted by molar-refractivity contribution is -0.139. The summed E-state index contributed by atoms with van der Waals surface area (Å²) in [4.78, 5) is 13.5. The predicted octanol–water partition coefficient (Wildman–Crippen LogP) is 8.27. The van der Waals surface area contributed by atoms with Gasteiger partial charge in [-0.2, -0.15) is 26.3 Å². The van der Waals surface area contributed by atoms with E-state index in [2.05, 4.69) is 11.8 Å². The van der Waals surface area contributed by atoms with Crippen LogP contribution < -0.4 is 0 Å². The Hall–Kier alpha value is -2.55. The average molecular weight is 516 g/mol. The lowest BCUT2D eigenvalue weighted by Gasteiger charge is -2.44. The van der Waals surface area contributed by atoms with Gasteiger partial charge < -0.3 is 5.11 Å². The van der Waals surface area contributed by atoms with Crippen LogP contribution in [0.2, 0.25) is 0 Å². The lowest BCUT2D eigenvalue weighted by atomic mass is 9.82. The van der Waals surface area contributed by atoms with E-state index in [1.54, 1.807) is 0 Å². The Bertz CT molecular complexity index is 985. The Labute approximate surface area is 207 Å². The number of alkyl halides is 6. The fourth-order valence-electron chi connectivity index (χ4n) is 5.09. The zero-order chi connectivity index (χ0) is 26.5. The summed E-state index contributed by atoms with van der Waals surface area (Å²) in [5.41, 5.74) is -0.144. The van der Waals surface area contributed by atoms with Crippen LogP contribution in [0.5, 0.6) is 0 Å². The molecule has 0 amide bonds. The van der Waals surface area contributed by atoms with Crippen molar-refractivity contribution in [2.45, 2.75) is 76.3 Å². The second kappa shape index (κ2) is 11.7. The number of likely N-dealkylation sites (tertiary alicyclic amines) is 1. The van der Waals surface area contributed by atoms with Crippen LogP contribution >= 0.6 is 0 Å². The molecule has 3 rings (SSSR count). The molecule has 0 aromatic heterocycles. The Morgan fingerprint density at radius 2 is 1.50 bits per heavy atom. The fraction of sp³-hybridized carbons (Fsp3) is 0.519. The normalized spacial score (nSPS) is 20.3. The number of unbranched alkanes of at least 4 members (excludes halogenated alkanes) is 2. The molecule has 3 nitrogen and oxygen atoms in total. The number of carbonyl (C=O) groups is 1. The smallest absolute Gasteiger partial charge is 0.416 e. The third kappa shape index (κ3) is 7.24. The number of benzene rings is 2. The Morgan fingerprint density at radius 1 is 0.944 bits per heavy atom. The number of piperidine rings is 1. The molecule has 1 heterocycles. The standard InChI is InChI=1S/C27H31F6NO2/c1-2-3-4-5-23(19-6-10-21(11-7-19)26(28,29)30)34-15-14-18(17-25(35)36)16-24(34)20-8-12-22(13-9-20)27(31,32)33/h6-13,18,23-24H,2-5,14-17H2,1H3,(H,35,36). The first-order chi connectivity index (χ1) is 16.9. The molecule has 1 aliphatic rings. The number of hydrogen-bond acceptors (Lipinski definition) is 2. The molecule has 1 N–H and O–H groups in total. The maximum Gasteiger partial charge on any atom is 0.416 e. The number of nitrogens with zero attached hydrogens (tertiary/aromatic N) is 1. The maximum atomic E-state index is 13.1. The van der Waals surface area contributed by atoms with E-state index in [1.807, 2.05) is 0 Å². The van der Waals surface area contributed by atoms with E-state index >= 15 is 0 Å². The Kier molecular flexibility index (Phi) is 9.08. The lowest BCUT2D eigenvalue weighted by Crippen LogP contribution is -2.40. The molecule has 1 fully saturated rings. The number of hydrogen-bond donors (Lipinski definition) is 1. The van der Waals surface area contributed by atoms with E-state index in [-0.39, 0.29) is 24.4 Å². The fourth-order valence-corrected chi connectivity index (χ4v) is 5.09. The molecule has 36 heavy (non-hydrogen) atoms. The van der Waals surface area contributed by atoms with E-state index in [9.17, 15) is 36.2 Å². The number of carboxylic acid groups (broad SMARTS) is 1. The molecule has 9 heteroatoms. The Morgan fingerprint density at radius 3 is 2.00 bits per heavy atom. The third-order valence-corrected chi connectivity index (χ3v) is 6.94. The number of carboxylic acids is 1. The molecule has 0 bridgehead atoms. The predicted molar refractivity (Wildman–Crippen MR) is 124 cm³/mol. The van der Waals surface area contributed by atoms with Crippen LogP contribution in [0.15, 0.2) is 48.5 Å². The first-order valence-corrected chi connectivity index (χ1v) is 12.2. The van der Waals surface area contributed by atoms with Crippen LogP contribution in [0.1, 0.15) is 86.2 Å². The summed E-state index contributed by atoms with van der Waals surface area (Å²) in [5, 5.41) is 9.31. The van der Waals surface area contributed by atoms with Crippen molar-refractivity contribution in [1.29, 1.82) is 0 Å². The quantitative estimate of drug-likeness (QED) is 0.270. The minimum Gasteiger partial charge on any atom is -0.481 e. The summed E-state index contributed by atoms with van der Waals surface area (Å²) in [7, 11) is 0. The molecule has 1 aliphatic heterocycles. The highest BCUT2D eigenvalue weighted by atomic mass is 19.4. The van der Waals surface area contributed by atoms with Crippen LogP contribution in [0.25, 0.3) is 0 Å². The average Bonchev–Trinajstić information content (AvgIpc) is 2.81. The van der Waals surface area contributed by atoms with Gasteiger partial charge in [-0.15, -0.1) is 0 Å². The maximum absolute atomic E-state index is 13.1. The van der Waals surface area contributed by atoms with Gasteiger partial charge in [0.2, 0.25) is 0 Å². The van der Waals surface area contributed by atoms with Crippen molar-refractivity contribution in [3.63, 3.8) is 0 Å². The van der Waals surface area contributed by atoms with Gasteiger partial charge in [0.15, 0.2) is 0 Å². The van der Waals surface area contributed by atoms with Crippen molar-refractivity contribution in [2.75, 3.05) is 6.54 Å². The van der Waals surface area contributed by atoms with Gasteiger partial charge in [-0.05, 0) is 67.1 Å². The van der Waals surface area contributed by atoms with Gasteiger partial charge in [0.1, 0.15) is 0 Å². The summed E-state index contributed by atoms with van der Waals surface area (Å²) in [6.07, 6.45) is -4.49. The summed E-state index contributed by atoms with van der Waals surface area (Å²) < 4.78 is 78.8. The van der Waals surface area contributed by atoms with Gasteiger partial charge in [-0.25, -0.2) is 0 Å². The van der Waals surface area contributed by atoms with Gasteiger partial charge in [-0.3, -0.25) is 9.69 Å². The topological polar surface area (TPSA) is 40.5 Å². The minimum absolute atomic E-state index is 0.0360. The molecule has 2 aromatic carbocycles. The first kappa shape index (κ1) is 28.0. The summed E-state index contributed by atoms with van der Waals surface area (Å²) in [6.45, 7) is 2.55. The number of rotatable bonds is 9. The molecule has 3 atom stereocenters. The third-order valence-electron chi connectivity index (χ3n) is 6.94. The van der Waals surface area contributed by atoms with E-state index in [1.165, 1.54) is 24.3 Å². The van der Waals surface area contributed by atoms with Crippen LogP contribution in [0.4, 0.5) is 26.3 Å². The van der Waals surface area contributed by atoms with E-state index in [4.69, 9.17) is 0 Å². The molecule has 0 radical (unpaired) electrons. The molecule has 0 spiro atoms. The molecule has 0 saturated carbocycles. The van der Waals surface area contributed by atoms with E-state index in [0.29, 0.717) is 36.9 Å². The Balaban J connectivity index is 1.97. The van der Waals surface area contributed by atoms with Crippen molar-refractivity contribution >= 4 is 5.97 Å². The SMILES string of the molecule is CCCCCC(c1ccc(C(F)(F)F)cc1)N1CCC(CC(=O)O)CC1c1ccc(C(F)(F)F)cc1. The van der Waals surface area contributed by atoms with Crippen molar-refractivity contribution in [3.8, 4) is 0 Å². The second-order valence-electron chi connectivity index (χ2n) is 9.49. The summed E-state index contributed by atoms with van der Waals surface area (Å²) in [5.74, 6) is -1.07. The molecular formula is C27H31F6NO2. The van der Waals surface area contributed by atoms with Gasteiger partial charge in [0, 0.05) is 18.5 Å². The molecule has 0 aliphatic carbocycles. The molecule has 3 unspecified atom stereocenters. The van der Waals surface area contributed by atoms with Crippen molar-refractivity contribution < 1.29 is 36.2 Å². The monoisotopic (exact) mass is 515 g/mol. The highest BCUT2D eigenvalue weighted by Gasteiger charge is 2.37. The summed E-state index contributed by atoms with van der Waals surface area (Å²) in [6, 6.07) is 9.41. The van der Waals surface area contributed by atoms with Gasteiger partial charge >= 0.3 is 18.3 Å². The molecular weight excluding hydrogens is 484 g/mol. The second-order valence-corrected chi connectivity index (χ2v) is 9.49. The van der Waals surface area contributed by atoms with Crippen LogP contribution in [-0.2, 0) is 17.1 Å². The number of halogens is 6. The molecule has 1 saturated heterocycles. The minimum atomic E-state index is -4.47. The van der Waals surface area contributed by atoms with E-state index in [0.717, 1.165) is 43.5 Å². The summed E-state index contributed by atoms with van der Waals surface area (Å²) >= 11 is 0. The van der Waals surface area contributed by atoms with Crippen LogP contribution in [0, 0.1) is 5.92 Å². The zero-order valence-electron chi connectivity index (χ0n) is 20.1. The number of aliphatic carboxylic acids is 1. The van der Waals surface area contributed by atoms with Gasteiger partial charge in [-0.1, -0.05) is 50.5 Å².